The van der Waals surface area contributed by atoms with Gasteiger partial charge in [0.25, 0.3) is 0 Å². The Morgan fingerprint density at radius 1 is 0.424 bits per heavy atom. The van der Waals surface area contributed by atoms with Crippen molar-refractivity contribution in [2.24, 2.45) is 0 Å². The highest BCUT2D eigenvalue weighted by Gasteiger charge is 2.53. The lowest BCUT2D eigenvalue weighted by Crippen LogP contribution is -2.32. The topological polar surface area (TPSA) is 16.4 Å². The predicted molar refractivity (Wildman–Crippen MR) is 271 cm³/mol. The van der Waals surface area contributed by atoms with E-state index in [1.165, 1.54) is 97.3 Å². The molecule has 9 aromatic carbocycles. The summed E-state index contributed by atoms with van der Waals surface area (Å²) in [5, 5.41) is 1.19. The molecule has 0 bridgehead atoms. The lowest BCUT2D eigenvalue weighted by atomic mass is 9.67. The Balaban J connectivity index is 1.06. The quantitative estimate of drug-likeness (QED) is 0.176. The van der Waals surface area contributed by atoms with Crippen LogP contribution in [0.25, 0.3) is 39.3 Å². The van der Waals surface area contributed by atoms with Crippen LogP contribution < -0.4 is 4.90 Å². The van der Waals surface area contributed by atoms with Gasteiger partial charge in [0.2, 0.25) is 0 Å². The van der Waals surface area contributed by atoms with E-state index in [-0.39, 0.29) is 0 Å². The van der Waals surface area contributed by atoms with Gasteiger partial charge in [-0.1, -0.05) is 181 Å². The first-order chi connectivity index (χ1) is 32.7. The molecule has 10 aromatic rings. The summed E-state index contributed by atoms with van der Waals surface area (Å²) in [5.74, 6) is 0.968. The molecule has 0 atom stereocenters. The fraction of sp³-hybridized carbons (Fsp3) is 0.0645. The highest BCUT2D eigenvalue weighted by Crippen LogP contribution is 2.66. The maximum Gasteiger partial charge on any atom is 0.159 e. The van der Waals surface area contributed by atoms with E-state index in [4.69, 9.17) is 4.42 Å². The average Bonchev–Trinajstić information content (AvgIpc) is 4.00. The summed E-state index contributed by atoms with van der Waals surface area (Å²) in [4.78, 5) is 7.74. The van der Waals surface area contributed by atoms with Gasteiger partial charge in [-0.25, -0.2) is 0 Å². The largest absolute Gasteiger partial charge is 0.454 e. The summed E-state index contributed by atoms with van der Waals surface area (Å²) in [7, 11) is 0. The zero-order chi connectivity index (χ0) is 43.1. The Labute approximate surface area is 392 Å². The molecule has 0 N–H and O–H groups in total. The van der Waals surface area contributed by atoms with E-state index in [1.807, 2.05) is 23.5 Å². The van der Waals surface area contributed by atoms with Crippen LogP contribution in [-0.2, 0) is 17.3 Å². The Morgan fingerprint density at radius 2 is 0.924 bits per heavy atom. The molecule has 3 heterocycles. The van der Waals surface area contributed by atoms with E-state index >= 15 is 0 Å². The van der Waals surface area contributed by atoms with Crippen molar-refractivity contribution < 1.29 is 4.42 Å². The van der Waals surface area contributed by atoms with Gasteiger partial charge in [-0.05, 0) is 129 Å². The molecular weight excluding hydrogens is 839 g/mol. The van der Waals surface area contributed by atoms with E-state index in [0.29, 0.717) is 0 Å². The van der Waals surface area contributed by atoms with Crippen LogP contribution in [0, 0.1) is 0 Å². The first-order valence-electron chi connectivity index (χ1n) is 23.0. The van der Waals surface area contributed by atoms with Gasteiger partial charge >= 0.3 is 0 Å². The van der Waals surface area contributed by atoms with Gasteiger partial charge in [-0.15, -0.1) is 0 Å². The van der Waals surface area contributed by atoms with Crippen molar-refractivity contribution in [1.82, 2.24) is 0 Å². The van der Waals surface area contributed by atoms with Crippen molar-refractivity contribution in [2.45, 2.75) is 43.3 Å². The van der Waals surface area contributed by atoms with Crippen LogP contribution >= 0.6 is 23.5 Å². The van der Waals surface area contributed by atoms with Gasteiger partial charge in [0.15, 0.2) is 5.58 Å². The normalized spacial score (nSPS) is 15.5. The number of anilines is 3. The summed E-state index contributed by atoms with van der Waals surface area (Å²) >= 11 is 3.78. The zero-order valence-corrected chi connectivity index (χ0v) is 37.4. The van der Waals surface area contributed by atoms with E-state index in [1.54, 1.807) is 0 Å². The number of fused-ring (bicyclic) bond motifs is 21. The van der Waals surface area contributed by atoms with Gasteiger partial charge in [0, 0.05) is 41.8 Å². The summed E-state index contributed by atoms with van der Waals surface area (Å²) in [6.45, 7) is 0. The Kier molecular flexibility index (Phi) is 7.66. The van der Waals surface area contributed by atoms with Crippen molar-refractivity contribution in [1.29, 1.82) is 0 Å². The molecule has 310 valence electrons. The number of allylic oxidation sites excluding steroid dienone is 1. The minimum atomic E-state index is -0.519. The highest BCUT2D eigenvalue weighted by atomic mass is 32.2. The Bertz CT molecular complexity index is 3670. The van der Waals surface area contributed by atoms with Crippen LogP contribution in [-0.4, -0.2) is 0 Å². The second-order valence-corrected chi connectivity index (χ2v) is 20.3. The van der Waals surface area contributed by atoms with Crippen molar-refractivity contribution in [3.63, 3.8) is 0 Å². The van der Waals surface area contributed by atoms with Crippen LogP contribution in [0.1, 0.15) is 62.3 Å². The molecule has 4 heteroatoms. The molecule has 2 nitrogen and oxygen atoms in total. The molecule has 5 aliphatic rings. The Morgan fingerprint density at radius 3 is 1.58 bits per heavy atom. The molecule has 0 saturated carbocycles. The van der Waals surface area contributed by atoms with Crippen LogP contribution in [0.4, 0.5) is 17.1 Å². The molecule has 2 aliphatic heterocycles. The third-order valence-electron chi connectivity index (χ3n) is 15.1. The van der Waals surface area contributed by atoms with Crippen LogP contribution in [0.15, 0.2) is 230 Å². The van der Waals surface area contributed by atoms with Crippen molar-refractivity contribution in [3.05, 3.63) is 262 Å². The monoisotopic (exact) mass is 877 g/mol. The standard InChI is InChI=1S/C62H39NOS2/c1-4-21-44-39(17-1)40-36-35-38(37-51(40)62(44)48-25-8-13-33-57(48)66-58-34-14-9-26-49(58)62)63(53-29-15-20-42-41-18-3-10-30-54(41)64-60(42)53)52-28-16-27-50-59(52)43-19-2-5-22-45(43)61(50)46-23-6-11-31-55(46)65-56-32-12-7-24-47(56)61/h1-2,4-17,19-37H,3,18H2. The molecule has 0 saturated heterocycles. The first-order valence-corrected chi connectivity index (χ1v) is 24.6. The minimum Gasteiger partial charge on any atom is -0.454 e. The lowest BCUT2D eigenvalue weighted by molar-refractivity contribution is 0.596. The van der Waals surface area contributed by atoms with Gasteiger partial charge in [-0.3, -0.25) is 0 Å². The number of hydrogen-bond donors (Lipinski definition) is 0. The third kappa shape index (κ3) is 4.65. The number of furan rings is 1. The fourth-order valence-electron chi connectivity index (χ4n) is 12.6. The third-order valence-corrected chi connectivity index (χ3v) is 17.4. The number of hydrogen-bond acceptors (Lipinski definition) is 4. The van der Waals surface area contributed by atoms with Crippen LogP contribution in [0.2, 0.25) is 0 Å². The molecule has 66 heavy (non-hydrogen) atoms. The lowest BCUT2D eigenvalue weighted by Gasteiger charge is -2.40. The molecule has 15 rings (SSSR count). The van der Waals surface area contributed by atoms with Gasteiger partial charge in [-0.2, -0.15) is 0 Å². The fourth-order valence-corrected chi connectivity index (χ4v) is 15.0. The second kappa shape index (κ2) is 13.6. The molecule has 3 aliphatic carbocycles. The predicted octanol–water partition coefficient (Wildman–Crippen LogP) is 16.5. The van der Waals surface area contributed by atoms with Crippen LogP contribution in [0.3, 0.4) is 0 Å². The zero-order valence-electron chi connectivity index (χ0n) is 35.8. The maximum atomic E-state index is 7.05. The Hall–Kier alpha value is -7.24. The molecule has 2 spiro atoms. The maximum absolute atomic E-state index is 7.05. The number of rotatable bonds is 3. The first kappa shape index (κ1) is 37.0. The molecule has 0 fully saturated rings. The van der Waals surface area contributed by atoms with Crippen molar-refractivity contribution in [2.75, 3.05) is 4.90 Å². The summed E-state index contributed by atoms with van der Waals surface area (Å²) < 4.78 is 7.05. The number of nitrogens with zero attached hydrogens (tertiary/aromatic N) is 1. The van der Waals surface area contributed by atoms with Gasteiger partial charge < -0.3 is 9.32 Å². The molecule has 0 unspecified atom stereocenters. The molecule has 0 amide bonds. The molecule has 1 aromatic heterocycles. The number of para-hydroxylation sites is 1. The molecular formula is C62H39NOS2. The minimum absolute atomic E-state index is 0.510. The van der Waals surface area contributed by atoms with Crippen LogP contribution in [0.5, 0.6) is 0 Å². The smallest absolute Gasteiger partial charge is 0.159 e. The highest BCUT2D eigenvalue weighted by molar-refractivity contribution is 7.99. The van der Waals surface area contributed by atoms with E-state index in [0.717, 1.165) is 41.2 Å². The van der Waals surface area contributed by atoms with E-state index < -0.39 is 10.8 Å². The average molecular weight is 878 g/mol. The van der Waals surface area contributed by atoms with Crippen molar-refractivity contribution in [3.8, 4) is 22.3 Å². The van der Waals surface area contributed by atoms with Gasteiger partial charge in [0.1, 0.15) is 5.76 Å². The van der Waals surface area contributed by atoms with Gasteiger partial charge in [0.05, 0.1) is 22.2 Å². The second-order valence-electron chi connectivity index (χ2n) is 18.1. The van der Waals surface area contributed by atoms with Crippen molar-refractivity contribution >= 4 is 57.6 Å². The SMILES string of the molecule is C1=Cc2oc3c(N(c4ccc5c(c4)C4(c6ccccc6Sc6ccccc64)c4ccccc4-5)c4cccc5c4-c4ccccc4C54c5ccccc5Sc5ccccc54)cccc3c2CC1. The summed E-state index contributed by atoms with van der Waals surface area (Å²) in [6, 6.07) is 75.8. The number of aryl methyl sites for hydroxylation is 1. The van der Waals surface area contributed by atoms with E-state index in [9.17, 15) is 0 Å². The molecule has 0 radical (unpaired) electrons. The summed E-state index contributed by atoms with van der Waals surface area (Å²) in [5.41, 5.74) is 20.1. The van der Waals surface area contributed by atoms with E-state index in [2.05, 4.69) is 217 Å². The summed E-state index contributed by atoms with van der Waals surface area (Å²) in [6.07, 6.45) is 6.40. The number of benzene rings is 9.